The molecule has 4 heteroatoms. The number of hydrogen-bond acceptors (Lipinski definition) is 3. The topological polar surface area (TPSA) is 37.8 Å². The maximum atomic E-state index is 12.9. The molecule has 0 aliphatic carbocycles. The second kappa shape index (κ2) is 9.52. The second-order valence-corrected chi connectivity index (χ2v) is 5.84. The number of nitrogens with zero attached hydrogens (tertiary/aromatic N) is 2. The maximum Gasteiger partial charge on any atom is 0.145 e. The molecule has 25 heavy (non-hydrogen) atoms. The number of hydrogen-bond donors (Lipinski definition) is 1. The Morgan fingerprint density at radius 1 is 0.920 bits per heavy atom. The summed E-state index contributed by atoms with van der Waals surface area (Å²) in [5.41, 5.74) is 4.05. The van der Waals surface area contributed by atoms with E-state index in [1.54, 1.807) is 24.5 Å². The molecule has 0 fully saturated rings. The first-order valence-corrected chi connectivity index (χ1v) is 8.49. The van der Waals surface area contributed by atoms with E-state index in [1.165, 1.54) is 24.1 Å². The Hall–Kier alpha value is -2.75. The van der Waals surface area contributed by atoms with Crippen molar-refractivity contribution in [3.05, 3.63) is 77.9 Å². The largest absolute Gasteiger partial charge is 0.365 e. The minimum absolute atomic E-state index is 0.232. The lowest BCUT2D eigenvalue weighted by molar-refractivity contribution is 0.627. The monoisotopic (exact) mass is 337 g/mol. The van der Waals surface area contributed by atoms with E-state index in [2.05, 4.69) is 48.2 Å². The number of benzene rings is 2. The van der Waals surface area contributed by atoms with Crippen molar-refractivity contribution in [3.63, 3.8) is 0 Å². The van der Waals surface area contributed by atoms with Crippen LogP contribution in [0.1, 0.15) is 31.4 Å². The molecule has 1 N–H and O–H groups in total. The quantitative estimate of drug-likeness (QED) is 0.671. The van der Waals surface area contributed by atoms with Gasteiger partial charge in [0, 0.05) is 12.1 Å². The van der Waals surface area contributed by atoms with Gasteiger partial charge in [-0.1, -0.05) is 62.2 Å². The Labute approximate surface area is 149 Å². The highest BCUT2D eigenvalue weighted by molar-refractivity contribution is 5.60. The van der Waals surface area contributed by atoms with Crippen molar-refractivity contribution in [3.8, 4) is 11.3 Å². The van der Waals surface area contributed by atoms with Gasteiger partial charge < -0.3 is 5.32 Å². The maximum absolute atomic E-state index is 12.9. The molecule has 3 nitrogen and oxygen atoms in total. The third-order valence-electron chi connectivity index (χ3n) is 3.37. The molecule has 130 valence electrons. The van der Waals surface area contributed by atoms with Crippen molar-refractivity contribution in [2.45, 2.75) is 33.7 Å². The van der Waals surface area contributed by atoms with E-state index in [0.717, 1.165) is 16.8 Å². The van der Waals surface area contributed by atoms with Crippen LogP contribution in [0.5, 0.6) is 0 Å². The minimum atomic E-state index is -0.232. The number of halogens is 1. The highest BCUT2D eigenvalue weighted by Gasteiger charge is 2.02. The third-order valence-corrected chi connectivity index (χ3v) is 3.37. The summed E-state index contributed by atoms with van der Waals surface area (Å²) in [5, 5.41) is 3.21. The van der Waals surface area contributed by atoms with Gasteiger partial charge in [0.05, 0.1) is 18.1 Å². The van der Waals surface area contributed by atoms with Crippen LogP contribution in [0, 0.1) is 12.7 Å². The van der Waals surface area contributed by atoms with Crippen LogP contribution in [0.15, 0.2) is 60.9 Å². The standard InChI is InChI=1S/C18H16FN3.C3H8/c1-13-2-6-15(7-3-13)17-11-20-12-18(22-17)21-10-14-4-8-16(19)9-5-14;1-3-2/h2-9,11-12H,10H2,1H3,(H,21,22);3H2,1-2H3. The zero-order chi connectivity index (χ0) is 18.1. The Morgan fingerprint density at radius 2 is 1.56 bits per heavy atom. The van der Waals surface area contributed by atoms with E-state index in [0.29, 0.717) is 12.4 Å². The number of aromatic nitrogens is 2. The molecule has 0 saturated carbocycles. The van der Waals surface area contributed by atoms with E-state index in [9.17, 15) is 4.39 Å². The van der Waals surface area contributed by atoms with Crippen LogP contribution in [0.2, 0.25) is 0 Å². The van der Waals surface area contributed by atoms with Gasteiger partial charge in [-0.3, -0.25) is 4.98 Å². The fourth-order valence-electron chi connectivity index (χ4n) is 2.11. The van der Waals surface area contributed by atoms with E-state index in [1.807, 2.05) is 12.1 Å². The first-order valence-electron chi connectivity index (χ1n) is 8.49. The SMILES string of the molecule is CCC.Cc1ccc(-c2cncc(NCc3ccc(F)cc3)n2)cc1. The van der Waals surface area contributed by atoms with E-state index >= 15 is 0 Å². The van der Waals surface area contributed by atoms with Crippen molar-refractivity contribution >= 4 is 5.82 Å². The fourth-order valence-corrected chi connectivity index (χ4v) is 2.11. The number of aryl methyl sites for hydroxylation is 1. The van der Waals surface area contributed by atoms with Gasteiger partial charge in [-0.25, -0.2) is 9.37 Å². The minimum Gasteiger partial charge on any atom is -0.365 e. The summed E-state index contributed by atoms with van der Waals surface area (Å²) < 4.78 is 12.9. The van der Waals surface area contributed by atoms with Crippen LogP contribution in [-0.2, 0) is 6.54 Å². The summed E-state index contributed by atoms with van der Waals surface area (Å²) >= 11 is 0. The molecule has 0 aliphatic rings. The van der Waals surface area contributed by atoms with Crippen LogP contribution in [0.3, 0.4) is 0 Å². The molecule has 0 radical (unpaired) electrons. The lowest BCUT2D eigenvalue weighted by Gasteiger charge is -2.07. The first-order chi connectivity index (χ1) is 12.1. The Morgan fingerprint density at radius 3 is 2.20 bits per heavy atom. The number of rotatable bonds is 4. The molecule has 0 amide bonds. The van der Waals surface area contributed by atoms with E-state index in [4.69, 9.17) is 0 Å². The predicted octanol–water partition coefficient (Wildman–Crippen LogP) is 5.62. The Kier molecular flexibility index (Phi) is 7.08. The van der Waals surface area contributed by atoms with Gasteiger partial charge in [0.1, 0.15) is 11.6 Å². The highest BCUT2D eigenvalue weighted by Crippen LogP contribution is 2.18. The van der Waals surface area contributed by atoms with Crippen molar-refractivity contribution in [2.75, 3.05) is 5.32 Å². The Bertz CT molecular complexity index is 768. The van der Waals surface area contributed by atoms with Gasteiger partial charge in [0.2, 0.25) is 0 Å². The predicted molar refractivity (Wildman–Crippen MR) is 102 cm³/mol. The summed E-state index contributed by atoms with van der Waals surface area (Å²) in [4.78, 5) is 8.78. The van der Waals surface area contributed by atoms with Gasteiger partial charge in [-0.05, 0) is 24.6 Å². The normalized spacial score (nSPS) is 9.92. The van der Waals surface area contributed by atoms with E-state index < -0.39 is 0 Å². The molecule has 0 atom stereocenters. The third kappa shape index (κ3) is 5.99. The van der Waals surface area contributed by atoms with Gasteiger partial charge in [0.15, 0.2) is 0 Å². The second-order valence-electron chi connectivity index (χ2n) is 5.84. The number of anilines is 1. The Balaban J connectivity index is 0.000000701. The van der Waals surface area contributed by atoms with E-state index in [-0.39, 0.29) is 5.82 Å². The van der Waals surface area contributed by atoms with Gasteiger partial charge in [-0.2, -0.15) is 0 Å². The molecule has 3 aromatic rings. The van der Waals surface area contributed by atoms with Crippen molar-refractivity contribution in [1.82, 2.24) is 9.97 Å². The lowest BCUT2D eigenvalue weighted by Crippen LogP contribution is -2.02. The molecular formula is C21H24FN3. The molecule has 0 spiro atoms. The molecule has 2 aromatic carbocycles. The van der Waals surface area contributed by atoms with Crippen molar-refractivity contribution in [2.24, 2.45) is 0 Å². The van der Waals surface area contributed by atoms with Crippen molar-refractivity contribution in [1.29, 1.82) is 0 Å². The van der Waals surface area contributed by atoms with Crippen LogP contribution in [0.4, 0.5) is 10.2 Å². The first kappa shape index (κ1) is 18.6. The molecule has 1 heterocycles. The van der Waals surface area contributed by atoms with Gasteiger partial charge in [0.25, 0.3) is 0 Å². The summed E-state index contributed by atoms with van der Waals surface area (Å²) in [6.45, 7) is 6.88. The molecule has 1 aromatic heterocycles. The summed E-state index contributed by atoms with van der Waals surface area (Å²) in [5.74, 6) is 0.465. The van der Waals surface area contributed by atoms with Crippen LogP contribution in [0.25, 0.3) is 11.3 Å². The van der Waals surface area contributed by atoms with Crippen LogP contribution in [-0.4, -0.2) is 9.97 Å². The number of nitrogens with one attached hydrogen (secondary N) is 1. The van der Waals surface area contributed by atoms with Gasteiger partial charge in [-0.15, -0.1) is 0 Å². The molecule has 0 unspecified atom stereocenters. The molecule has 0 saturated heterocycles. The smallest absolute Gasteiger partial charge is 0.145 e. The zero-order valence-electron chi connectivity index (χ0n) is 15.0. The average molecular weight is 337 g/mol. The fraction of sp³-hybridized carbons (Fsp3) is 0.238. The average Bonchev–Trinajstić information content (AvgIpc) is 2.63. The molecule has 0 aliphatic heterocycles. The van der Waals surface area contributed by atoms with Crippen LogP contribution >= 0.6 is 0 Å². The van der Waals surface area contributed by atoms with Crippen molar-refractivity contribution < 1.29 is 4.39 Å². The zero-order valence-corrected chi connectivity index (χ0v) is 15.0. The molecule has 3 rings (SSSR count). The summed E-state index contributed by atoms with van der Waals surface area (Å²) in [6, 6.07) is 14.6. The highest BCUT2D eigenvalue weighted by atomic mass is 19.1. The summed E-state index contributed by atoms with van der Waals surface area (Å²) in [7, 11) is 0. The molecular weight excluding hydrogens is 313 g/mol. The van der Waals surface area contributed by atoms with Crippen LogP contribution < -0.4 is 5.32 Å². The van der Waals surface area contributed by atoms with Gasteiger partial charge >= 0.3 is 0 Å². The lowest BCUT2D eigenvalue weighted by atomic mass is 10.1. The summed E-state index contributed by atoms with van der Waals surface area (Å²) in [6.07, 6.45) is 4.68. The molecule has 0 bridgehead atoms.